The van der Waals surface area contributed by atoms with Crippen LogP contribution in [0.5, 0.6) is 0 Å². The van der Waals surface area contributed by atoms with Gasteiger partial charge in [0.05, 0.1) is 6.04 Å². The Morgan fingerprint density at radius 1 is 1.28 bits per heavy atom. The van der Waals surface area contributed by atoms with Crippen LogP contribution in [0.1, 0.15) is 44.2 Å². The molecule has 1 aliphatic rings. The summed E-state index contributed by atoms with van der Waals surface area (Å²) in [7, 11) is 0. The number of hydrogen-bond donors (Lipinski definition) is 2. The van der Waals surface area contributed by atoms with E-state index < -0.39 is 0 Å². The number of hydrogen-bond acceptors (Lipinski definition) is 3. The Kier molecular flexibility index (Phi) is 3.14. The van der Waals surface area contributed by atoms with Crippen LogP contribution in [0.25, 0.3) is 10.1 Å². The van der Waals surface area contributed by atoms with Gasteiger partial charge in [-0.05, 0) is 40.7 Å². The third-order valence-electron chi connectivity index (χ3n) is 4.43. The van der Waals surface area contributed by atoms with E-state index in [4.69, 9.17) is 5.84 Å². The van der Waals surface area contributed by atoms with Crippen LogP contribution in [0.4, 0.5) is 0 Å². The molecule has 0 amide bonds. The molecule has 0 aliphatic heterocycles. The van der Waals surface area contributed by atoms with E-state index in [2.05, 4.69) is 42.0 Å². The van der Waals surface area contributed by atoms with Gasteiger partial charge in [-0.15, -0.1) is 11.3 Å². The molecule has 0 radical (unpaired) electrons. The van der Waals surface area contributed by atoms with Gasteiger partial charge in [-0.25, -0.2) is 0 Å². The summed E-state index contributed by atoms with van der Waals surface area (Å²) in [6, 6.07) is 9.01. The second kappa shape index (κ2) is 4.65. The summed E-state index contributed by atoms with van der Waals surface area (Å²) < 4.78 is 1.38. The molecule has 3 N–H and O–H groups in total. The van der Waals surface area contributed by atoms with Crippen molar-refractivity contribution in [1.82, 2.24) is 5.43 Å². The Bertz CT molecular complexity index is 540. The molecule has 1 fully saturated rings. The summed E-state index contributed by atoms with van der Waals surface area (Å²) in [5.74, 6) is 5.88. The number of thiophene rings is 1. The van der Waals surface area contributed by atoms with Crippen molar-refractivity contribution in [2.45, 2.75) is 38.6 Å². The zero-order valence-corrected chi connectivity index (χ0v) is 11.6. The lowest BCUT2D eigenvalue weighted by molar-refractivity contribution is 0.226. The third-order valence-corrected chi connectivity index (χ3v) is 5.41. The Morgan fingerprint density at radius 3 is 2.78 bits per heavy atom. The zero-order valence-electron chi connectivity index (χ0n) is 10.8. The average Bonchev–Trinajstić information content (AvgIpc) is 2.99. The van der Waals surface area contributed by atoms with Gasteiger partial charge in [-0.2, -0.15) is 0 Å². The predicted molar refractivity (Wildman–Crippen MR) is 78.5 cm³/mol. The quantitative estimate of drug-likeness (QED) is 0.647. The van der Waals surface area contributed by atoms with Crippen molar-refractivity contribution in [3.05, 3.63) is 35.2 Å². The molecule has 3 heteroatoms. The molecule has 0 saturated heterocycles. The molecule has 0 bridgehead atoms. The minimum atomic E-state index is 0.266. The van der Waals surface area contributed by atoms with Crippen molar-refractivity contribution in [2.24, 2.45) is 11.3 Å². The molecule has 1 aliphatic carbocycles. The van der Waals surface area contributed by atoms with E-state index in [9.17, 15) is 0 Å². The number of benzene rings is 1. The molecule has 2 nitrogen and oxygen atoms in total. The van der Waals surface area contributed by atoms with Gasteiger partial charge in [0, 0.05) is 4.70 Å². The normalized spacial score (nSPS) is 20.3. The number of hydrazine groups is 1. The van der Waals surface area contributed by atoms with Crippen molar-refractivity contribution >= 4 is 21.4 Å². The Balaban J connectivity index is 2.08. The van der Waals surface area contributed by atoms with Crippen molar-refractivity contribution in [1.29, 1.82) is 0 Å². The molecule has 1 atom stereocenters. The van der Waals surface area contributed by atoms with E-state index in [0.717, 1.165) is 0 Å². The van der Waals surface area contributed by atoms with Crippen molar-refractivity contribution in [3.8, 4) is 0 Å². The van der Waals surface area contributed by atoms with Gasteiger partial charge in [-0.1, -0.05) is 38.0 Å². The highest BCUT2D eigenvalue weighted by molar-refractivity contribution is 7.17. The molecular formula is C15H20N2S. The highest BCUT2D eigenvalue weighted by Crippen LogP contribution is 2.48. The molecule has 1 heterocycles. The Labute approximate surface area is 112 Å². The maximum Gasteiger partial charge on any atom is 0.0527 e. The lowest BCUT2D eigenvalue weighted by Gasteiger charge is -2.34. The number of fused-ring (bicyclic) bond motifs is 1. The molecule has 1 aromatic carbocycles. The van der Waals surface area contributed by atoms with Gasteiger partial charge in [0.15, 0.2) is 0 Å². The van der Waals surface area contributed by atoms with Crippen LogP contribution >= 0.6 is 11.3 Å². The van der Waals surface area contributed by atoms with E-state index in [1.54, 1.807) is 0 Å². The van der Waals surface area contributed by atoms with E-state index in [1.165, 1.54) is 41.3 Å². The van der Waals surface area contributed by atoms with Gasteiger partial charge in [0.2, 0.25) is 0 Å². The average molecular weight is 260 g/mol. The van der Waals surface area contributed by atoms with Crippen LogP contribution in [-0.4, -0.2) is 0 Å². The molecule has 2 aromatic rings. The van der Waals surface area contributed by atoms with E-state index >= 15 is 0 Å². The summed E-state index contributed by atoms with van der Waals surface area (Å²) >= 11 is 1.82. The standard InChI is InChI=1S/C15H20N2S/c1-15(8-2-3-9-15)14(17-16)12-6-4-5-11-7-10-18-13(11)12/h4-7,10,14,17H,2-3,8-9,16H2,1H3. The van der Waals surface area contributed by atoms with Crippen LogP contribution in [0.3, 0.4) is 0 Å². The van der Waals surface area contributed by atoms with Crippen LogP contribution in [0, 0.1) is 5.41 Å². The molecular weight excluding hydrogens is 240 g/mol. The van der Waals surface area contributed by atoms with Crippen LogP contribution in [0.2, 0.25) is 0 Å². The lowest BCUT2D eigenvalue weighted by Crippen LogP contribution is -2.38. The summed E-state index contributed by atoms with van der Waals surface area (Å²) in [4.78, 5) is 0. The SMILES string of the molecule is CC1(C(NN)c2cccc3ccsc23)CCCC1. The molecule has 18 heavy (non-hydrogen) atoms. The molecule has 3 rings (SSSR count). The minimum absolute atomic E-state index is 0.266. The second-order valence-electron chi connectivity index (χ2n) is 5.65. The zero-order chi connectivity index (χ0) is 12.6. The molecule has 0 spiro atoms. The van der Waals surface area contributed by atoms with Gasteiger partial charge >= 0.3 is 0 Å². The summed E-state index contributed by atoms with van der Waals surface area (Å²) in [6.45, 7) is 2.37. The topological polar surface area (TPSA) is 38.0 Å². The number of nitrogens with one attached hydrogen (secondary N) is 1. The van der Waals surface area contributed by atoms with Crippen molar-refractivity contribution in [2.75, 3.05) is 0 Å². The van der Waals surface area contributed by atoms with E-state index in [1.807, 2.05) is 11.3 Å². The highest BCUT2D eigenvalue weighted by Gasteiger charge is 2.38. The molecule has 1 saturated carbocycles. The van der Waals surface area contributed by atoms with Crippen molar-refractivity contribution < 1.29 is 0 Å². The smallest absolute Gasteiger partial charge is 0.0527 e. The van der Waals surface area contributed by atoms with E-state index in [-0.39, 0.29) is 6.04 Å². The number of rotatable bonds is 3. The summed E-state index contributed by atoms with van der Waals surface area (Å²) in [5.41, 5.74) is 4.76. The van der Waals surface area contributed by atoms with Crippen molar-refractivity contribution in [3.63, 3.8) is 0 Å². The largest absolute Gasteiger partial charge is 0.271 e. The van der Waals surface area contributed by atoms with Gasteiger partial charge in [-0.3, -0.25) is 11.3 Å². The molecule has 1 aromatic heterocycles. The Hall–Kier alpha value is -0.900. The monoisotopic (exact) mass is 260 g/mol. The van der Waals surface area contributed by atoms with Crippen LogP contribution in [-0.2, 0) is 0 Å². The lowest BCUT2D eigenvalue weighted by atomic mass is 9.77. The summed E-state index contributed by atoms with van der Waals surface area (Å²) in [6.07, 6.45) is 5.19. The first-order valence-corrected chi connectivity index (χ1v) is 7.55. The highest BCUT2D eigenvalue weighted by atomic mass is 32.1. The maximum absolute atomic E-state index is 5.88. The molecule has 96 valence electrons. The number of nitrogens with two attached hydrogens (primary N) is 1. The van der Waals surface area contributed by atoms with Gasteiger partial charge in [0.25, 0.3) is 0 Å². The third kappa shape index (κ3) is 1.87. The predicted octanol–water partition coefficient (Wildman–Crippen LogP) is 3.99. The maximum atomic E-state index is 5.88. The first-order valence-electron chi connectivity index (χ1n) is 6.67. The first-order chi connectivity index (χ1) is 8.74. The Morgan fingerprint density at radius 2 is 2.06 bits per heavy atom. The summed E-state index contributed by atoms with van der Waals surface area (Å²) in [5, 5.41) is 3.50. The molecule has 1 unspecified atom stereocenters. The fourth-order valence-electron chi connectivity index (χ4n) is 3.38. The van der Waals surface area contributed by atoms with Crippen LogP contribution < -0.4 is 11.3 Å². The van der Waals surface area contributed by atoms with Crippen LogP contribution in [0.15, 0.2) is 29.6 Å². The fourth-order valence-corrected chi connectivity index (χ4v) is 4.33. The van der Waals surface area contributed by atoms with Gasteiger partial charge in [0.1, 0.15) is 0 Å². The second-order valence-corrected chi connectivity index (χ2v) is 6.56. The first kappa shape index (κ1) is 12.2. The van der Waals surface area contributed by atoms with E-state index in [0.29, 0.717) is 5.41 Å². The van der Waals surface area contributed by atoms with Gasteiger partial charge < -0.3 is 0 Å². The minimum Gasteiger partial charge on any atom is -0.271 e. The fraction of sp³-hybridized carbons (Fsp3) is 0.467.